The maximum Gasteiger partial charge on any atom is 0.416 e. The zero-order valence-electron chi connectivity index (χ0n) is 24.9. The summed E-state index contributed by atoms with van der Waals surface area (Å²) in [6.45, 7) is 12.5. The number of alkyl halides is 6. The van der Waals surface area contributed by atoms with Gasteiger partial charge in [-0.2, -0.15) is 26.3 Å². The van der Waals surface area contributed by atoms with Crippen LogP contribution in [0.3, 0.4) is 0 Å². The molecule has 0 aromatic heterocycles. The lowest BCUT2D eigenvalue weighted by Gasteiger charge is -2.41. The van der Waals surface area contributed by atoms with Gasteiger partial charge in [0.15, 0.2) is 13.4 Å². The summed E-state index contributed by atoms with van der Waals surface area (Å²) in [7, 11) is -3.20. The molecular formula is C31H37F6N2OPSSi. The third kappa shape index (κ3) is 9.76. The molecule has 3 aromatic rings. The standard InChI is InChI=1S/C31H37F6N2OPSSi/c1-21(40-43(5,6)29(2,3)4)27(20-41(25-13-9-7-10-14-25)26-15-11-8-12-16-26)39-28(42)38-24-18-22(30(32,33)34)17-23(19-24)31(35,36)37/h7-19,21,27H,20H2,1-6H3,(H2,38,39,42). The van der Waals surface area contributed by atoms with Gasteiger partial charge in [-0.25, -0.2) is 0 Å². The summed E-state index contributed by atoms with van der Waals surface area (Å²) in [5.74, 6) is 0. The van der Waals surface area contributed by atoms with Crippen LogP contribution < -0.4 is 21.2 Å². The average Bonchev–Trinajstić information content (AvgIpc) is 2.90. The summed E-state index contributed by atoms with van der Waals surface area (Å²) >= 11 is 5.48. The van der Waals surface area contributed by atoms with Crippen LogP contribution in [0.1, 0.15) is 38.8 Å². The molecule has 3 aromatic carbocycles. The first-order chi connectivity index (χ1) is 19.8. The SMILES string of the molecule is CC(O[Si](C)(C)C(C)(C)C)C(CP(c1ccccc1)c1ccccc1)NC(=S)Nc1cc(C(F)(F)F)cc(C(F)(F)F)c1. The van der Waals surface area contributed by atoms with E-state index in [1.54, 1.807) is 0 Å². The van der Waals surface area contributed by atoms with Gasteiger partial charge in [0.05, 0.1) is 23.3 Å². The second-order valence-electron chi connectivity index (χ2n) is 11.9. The van der Waals surface area contributed by atoms with Gasteiger partial charge in [-0.05, 0) is 80.2 Å². The van der Waals surface area contributed by atoms with Gasteiger partial charge in [0, 0.05) is 5.69 Å². The topological polar surface area (TPSA) is 33.3 Å². The average molecular weight is 659 g/mol. The third-order valence-electron chi connectivity index (χ3n) is 7.53. The minimum atomic E-state index is -4.97. The highest BCUT2D eigenvalue weighted by Crippen LogP contribution is 2.40. The molecule has 0 bridgehead atoms. The van der Waals surface area contributed by atoms with Crippen LogP contribution in [-0.4, -0.2) is 31.7 Å². The van der Waals surface area contributed by atoms with Gasteiger partial charge in [-0.3, -0.25) is 0 Å². The Balaban J connectivity index is 1.98. The fraction of sp³-hybridized carbons (Fsp3) is 0.387. The van der Waals surface area contributed by atoms with Crippen molar-refractivity contribution in [3.8, 4) is 0 Å². The normalized spacial score (nSPS) is 14.3. The summed E-state index contributed by atoms with van der Waals surface area (Å²) in [4.78, 5) is 0. The molecule has 0 saturated carbocycles. The van der Waals surface area contributed by atoms with Crippen LogP contribution in [0, 0.1) is 0 Å². The van der Waals surface area contributed by atoms with E-state index in [9.17, 15) is 26.3 Å². The van der Waals surface area contributed by atoms with Crippen LogP contribution in [0.15, 0.2) is 78.9 Å². The minimum Gasteiger partial charge on any atom is -0.412 e. The van der Waals surface area contributed by atoms with Crippen molar-refractivity contribution in [2.45, 2.75) is 70.3 Å². The molecule has 2 N–H and O–H groups in total. The van der Waals surface area contributed by atoms with Gasteiger partial charge in [-0.1, -0.05) is 81.4 Å². The maximum atomic E-state index is 13.5. The first-order valence-corrected chi connectivity index (χ1v) is 18.5. The lowest BCUT2D eigenvalue weighted by atomic mass is 10.1. The van der Waals surface area contributed by atoms with E-state index in [1.807, 2.05) is 67.6 Å². The first-order valence-electron chi connectivity index (χ1n) is 13.7. The molecular weight excluding hydrogens is 621 g/mol. The third-order valence-corrected chi connectivity index (χ3v) is 14.9. The Bertz CT molecular complexity index is 1290. The molecule has 3 rings (SSSR count). The fourth-order valence-electron chi connectivity index (χ4n) is 4.17. The van der Waals surface area contributed by atoms with E-state index in [1.165, 1.54) is 0 Å². The van der Waals surface area contributed by atoms with E-state index in [0.717, 1.165) is 10.6 Å². The van der Waals surface area contributed by atoms with Gasteiger partial charge >= 0.3 is 12.4 Å². The number of anilines is 1. The molecule has 2 unspecified atom stereocenters. The Kier molecular flexibility index (Phi) is 11.1. The highest BCUT2D eigenvalue weighted by Gasteiger charge is 2.41. The molecule has 0 heterocycles. The molecule has 0 aliphatic carbocycles. The lowest BCUT2D eigenvalue weighted by molar-refractivity contribution is -0.143. The van der Waals surface area contributed by atoms with Crippen LogP contribution in [0.4, 0.5) is 32.0 Å². The minimum absolute atomic E-state index is 0.0898. The van der Waals surface area contributed by atoms with Crippen LogP contribution in [0.2, 0.25) is 18.1 Å². The largest absolute Gasteiger partial charge is 0.416 e. The number of nitrogens with one attached hydrogen (secondary N) is 2. The second kappa shape index (κ2) is 13.7. The van der Waals surface area contributed by atoms with Crippen LogP contribution >= 0.6 is 20.1 Å². The second-order valence-corrected chi connectivity index (χ2v) is 19.3. The van der Waals surface area contributed by atoms with Crippen molar-refractivity contribution in [2.75, 3.05) is 11.5 Å². The number of hydrogen-bond donors (Lipinski definition) is 2. The van der Waals surface area contributed by atoms with Gasteiger partial charge in [-0.15, -0.1) is 0 Å². The number of rotatable bonds is 9. The van der Waals surface area contributed by atoms with Gasteiger partial charge < -0.3 is 15.1 Å². The summed E-state index contributed by atoms with van der Waals surface area (Å²) in [5.41, 5.74) is -3.25. The van der Waals surface area contributed by atoms with Crippen molar-refractivity contribution in [1.82, 2.24) is 5.32 Å². The number of hydrogen-bond acceptors (Lipinski definition) is 2. The fourth-order valence-corrected chi connectivity index (χ4v) is 8.45. The Labute approximate surface area is 257 Å². The predicted molar refractivity (Wildman–Crippen MR) is 171 cm³/mol. The Morgan fingerprint density at radius 3 is 1.65 bits per heavy atom. The predicted octanol–water partition coefficient (Wildman–Crippen LogP) is 8.92. The van der Waals surface area contributed by atoms with Gasteiger partial charge in [0.1, 0.15) is 0 Å². The van der Waals surface area contributed by atoms with Crippen molar-refractivity contribution in [1.29, 1.82) is 0 Å². The molecule has 0 aliphatic heterocycles. The van der Waals surface area contributed by atoms with Crippen molar-refractivity contribution < 1.29 is 30.8 Å². The van der Waals surface area contributed by atoms with Crippen molar-refractivity contribution in [3.63, 3.8) is 0 Å². The van der Waals surface area contributed by atoms with E-state index >= 15 is 0 Å². The quantitative estimate of drug-likeness (QED) is 0.104. The zero-order valence-corrected chi connectivity index (χ0v) is 27.6. The summed E-state index contributed by atoms with van der Waals surface area (Å²) in [6, 6.07) is 20.8. The van der Waals surface area contributed by atoms with E-state index < -0.39 is 51.4 Å². The first kappa shape index (κ1) is 35.0. The highest BCUT2D eigenvalue weighted by atomic mass is 32.1. The monoisotopic (exact) mass is 658 g/mol. The van der Waals surface area contributed by atoms with Crippen LogP contribution in [0.25, 0.3) is 0 Å². The Morgan fingerprint density at radius 2 is 1.26 bits per heavy atom. The van der Waals surface area contributed by atoms with E-state index in [4.69, 9.17) is 16.6 Å². The van der Waals surface area contributed by atoms with Crippen molar-refractivity contribution >= 4 is 49.9 Å². The van der Waals surface area contributed by atoms with Crippen LogP contribution in [0.5, 0.6) is 0 Å². The number of halogens is 6. The molecule has 12 heteroatoms. The highest BCUT2D eigenvalue weighted by molar-refractivity contribution is 7.80. The maximum absolute atomic E-state index is 13.5. The molecule has 0 spiro atoms. The molecule has 0 radical (unpaired) electrons. The molecule has 0 amide bonds. The smallest absolute Gasteiger partial charge is 0.412 e. The lowest BCUT2D eigenvalue weighted by Crippen LogP contribution is -2.53. The van der Waals surface area contributed by atoms with Crippen LogP contribution in [-0.2, 0) is 16.8 Å². The van der Waals surface area contributed by atoms with Gasteiger partial charge in [0.2, 0.25) is 0 Å². The summed E-state index contributed by atoms with van der Waals surface area (Å²) in [5, 5.41) is 7.81. The van der Waals surface area contributed by atoms with Crippen molar-refractivity contribution in [3.05, 3.63) is 90.0 Å². The molecule has 0 aliphatic rings. The molecule has 0 saturated heterocycles. The Hall–Kier alpha value is -2.46. The molecule has 2 atom stereocenters. The number of benzene rings is 3. The summed E-state index contributed by atoms with van der Waals surface area (Å²) in [6.07, 6.45) is -9.77. The van der Waals surface area contributed by atoms with E-state index in [2.05, 4.69) is 44.5 Å². The molecule has 3 nitrogen and oxygen atoms in total. The molecule has 43 heavy (non-hydrogen) atoms. The zero-order chi connectivity index (χ0) is 32.2. The molecule has 0 fully saturated rings. The summed E-state index contributed by atoms with van der Waals surface area (Å²) < 4.78 is 87.4. The van der Waals surface area contributed by atoms with Crippen molar-refractivity contribution in [2.24, 2.45) is 0 Å². The molecule has 234 valence electrons. The van der Waals surface area contributed by atoms with Gasteiger partial charge in [0.25, 0.3) is 0 Å². The van der Waals surface area contributed by atoms with E-state index in [0.29, 0.717) is 18.3 Å². The van der Waals surface area contributed by atoms with E-state index in [-0.39, 0.29) is 22.3 Å². The number of thiocarbonyl (C=S) groups is 1. The Morgan fingerprint density at radius 1 is 0.814 bits per heavy atom.